The Kier molecular flexibility index (Phi) is 3.76. The third kappa shape index (κ3) is 3.18. The Balaban J connectivity index is 2.15. The van der Waals surface area contributed by atoms with E-state index in [-0.39, 0.29) is 0 Å². The van der Waals surface area contributed by atoms with E-state index in [9.17, 15) is 0 Å². The molecule has 0 aromatic rings. The van der Waals surface area contributed by atoms with E-state index in [1.165, 1.54) is 25.7 Å². The molecule has 0 aromatic carbocycles. The summed E-state index contributed by atoms with van der Waals surface area (Å²) >= 11 is 0. The second kappa shape index (κ2) is 4.69. The van der Waals surface area contributed by atoms with Crippen molar-refractivity contribution in [2.45, 2.75) is 38.7 Å². The van der Waals surface area contributed by atoms with Gasteiger partial charge in [0.1, 0.15) is 6.79 Å². The van der Waals surface area contributed by atoms with Crippen LogP contribution in [0.15, 0.2) is 0 Å². The van der Waals surface area contributed by atoms with Crippen LogP contribution in [0.4, 0.5) is 0 Å². The maximum Gasteiger partial charge on any atom is 0.147 e. The predicted octanol–water partition coefficient (Wildman–Crippen LogP) is 1.94. The van der Waals surface area contributed by atoms with E-state index in [0.29, 0.717) is 12.9 Å². The molecule has 0 aliphatic carbocycles. The van der Waals surface area contributed by atoms with Crippen LogP contribution < -0.4 is 0 Å². The highest BCUT2D eigenvalue weighted by atomic mass is 16.7. The molecule has 0 radical (unpaired) electrons. The minimum Gasteiger partial charge on any atom is -0.355 e. The Bertz CT molecular complexity index is 73.3. The van der Waals surface area contributed by atoms with Crippen molar-refractivity contribution in [3.63, 3.8) is 0 Å². The van der Waals surface area contributed by atoms with Gasteiger partial charge in [0, 0.05) is 6.61 Å². The van der Waals surface area contributed by atoms with E-state index >= 15 is 0 Å². The molecule has 0 saturated carbocycles. The highest BCUT2D eigenvalue weighted by Gasteiger charge is 2.03. The van der Waals surface area contributed by atoms with Crippen LogP contribution in [-0.4, -0.2) is 19.5 Å². The maximum absolute atomic E-state index is 5.34. The third-order valence-electron chi connectivity index (χ3n) is 1.84. The highest BCUT2D eigenvalue weighted by molar-refractivity contribution is 4.51. The zero-order valence-corrected chi connectivity index (χ0v) is 6.64. The van der Waals surface area contributed by atoms with Gasteiger partial charge in [0.15, 0.2) is 0 Å². The molecule has 1 rings (SSSR count). The molecule has 0 amide bonds. The SMILES string of the molecule is CC1CCCCCOCO1. The zero-order chi connectivity index (χ0) is 7.23. The number of rotatable bonds is 0. The van der Waals surface area contributed by atoms with Crippen molar-refractivity contribution in [3.8, 4) is 0 Å². The van der Waals surface area contributed by atoms with Crippen molar-refractivity contribution < 1.29 is 9.47 Å². The van der Waals surface area contributed by atoms with Crippen LogP contribution in [0.25, 0.3) is 0 Å². The summed E-state index contributed by atoms with van der Waals surface area (Å²) in [5, 5.41) is 0. The smallest absolute Gasteiger partial charge is 0.147 e. The quantitative estimate of drug-likeness (QED) is 0.517. The van der Waals surface area contributed by atoms with Crippen molar-refractivity contribution >= 4 is 0 Å². The van der Waals surface area contributed by atoms with Gasteiger partial charge in [-0.25, -0.2) is 0 Å². The summed E-state index contributed by atoms with van der Waals surface area (Å²) in [5.74, 6) is 0. The van der Waals surface area contributed by atoms with Gasteiger partial charge in [-0.15, -0.1) is 0 Å². The van der Waals surface area contributed by atoms with Crippen LogP contribution in [0, 0.1) is 0 Å². The fourth-order valence-corrected chi connectivity index (χ4v) is 1.12. The average Bonchev–Trinajstić information content (AvgIpc) is 2.02. The Morgan fingerprint density at radius 2 is 2.10 bits per heavy atom. The molecule has 10 heavy (non-hydrogen) atoms. The topological polar surface area (TPSA) is 18.5 Å². The summed E-state index contributed by atoms with van der Waals surface area (Å²) in [6.07, 6.45) is 5.33. The molecule has 1 atom stereocenters. The average molecular weight is 144 g/mol. The second-order valence-electron chi connectivity index (χ2n) is 2.85. The van der Waals surface area contributed by atoms with Gasteiger partial charge >= 0.3 is 0 Å². The minimum absolute atomic E-state index is 0.387. The molecule has 1 saturated heterocycles. The normalized spacial score (nSPS) is 30.3. The number of hydrogen-bond acceptors (Lipinski definition) is 2. The largest absolute Gasteiger partial charge is 0.355 e. The Morgan fingerprint density at radius 1 is 1.20 bits per heavy atom. The number of hydrogen-bond donors (Lipinski definition) is 0. The fourth-order valence-electron chi connectivity index (χ4n) is 1.12. The lowest BCUT2D eigenvalue weighted by atomic mass is 10.1. The van der Waals surface area contributed by atoms with Gasteiger partial charge in [0.25, 0.3) is 0 Å². The van der Waals surface area contributed by atoms with Crippen LogP contribution in [0.3, 0.4) is 0 Å². The van der Waals surface area contributed by atoms with Crippen molar-refractivity contribution in [2.24, 2.45) is 0 Å². The molecular weight excluding hydrogens is 128 g/mol. The molecule has 2 nitrogen and oxygen atoms in total. The summed E-state index contributed by atoms with van der Waals surface area (Å²) < 4.78 is 10.5. The lowest BCUT2D eigenvalue weighted by molar-refractivity contribution is -0.0814. The molecule has 1 aliphatic rings. The first-order valence-electron chi connectivity index (χ1n) is 4.09. The first-order chi connectivity index (χ1) is 4.89. The van der Waals surface area contributed by atoms with Crippen LogP contribution in [0.2, 0.25) is 0 Å². The van der Waals surface area contributed by atoms with Gasteiger partial charge in [-0.05, 0) is 19.8 Å². The van der Waals surface area contributed by atoms with Crippen LogP contribution in [0.1, 0.15) is 32.6 Å². The van der Waals surface area contributed by atoms with Gasteiger partial charge in [-0.1, -0.05) is 12.8 Å². The molecule has 1 aliphatic heterocycles. The molecule has 60 valence electrons. The first-order valence-corrected chi connectivity index (χ1v) is 4.09. The lowest BCUT2D eigenvalue weighted by Crippen LogP contribution is -2.09. The number of ether oxygens (including phenoxy) is 2. The summed E-state index contributed by atoms with van der Waals surface area (Å²) in [4.78, 5) is 0. The molecule has 2 heteroatoms. The molecule has 0 N–H and O–H groups in total. The van der Waals surface area contributed by atoms with Crippen molar-refractivity contribution in [2.75, 3.05) is 13.4 Å². The van der Waals surface area contributed by atoms with E-state index in [2.05, 4.69) is 6.92 Å². The molecule has 0 spiro atoms. The first kappa shape index (κ1) is 8.02. The van der Waals surface area contributed by atoms with Crippen molar-refractivity contribution in [3.05, 3.63) is 0 Å². The third-order valence-corrected chi connectivity index (χ3v) is 1.84. The van der Waals surface area contributed by atoms with Crippen molar-refractivity contribution in [1.29, 1.82) is 0 Å². The molecule has 0 bridgehead atoms. The standard InChI is InChI=1S/C8H16O2/c1-8-5-3-2-4-6-9-7-10-8/h8H,2-7H2,1H3. The van der Waals surface area contributed by atoms with Gasteiger partial charge in [0.05, 0.1) is 6.10 Å². The van der Waals surface area contributed by atoms with Gasteiger partial charge < -0.3 is 9.47 Å². The predicted molar refractivity (Wildman–Crippen MR) is 39.8 cm³/mol. The van der Waals surface area contributed by atoms with Crippen LogP contribution >= 0.6 is 0 Å². The lowest BCUT2D eigenvalue weighted by Gasteiger charge is -2.09. The van der Waals surface area contributed by atoms with Gasteiger partial charge in [-0.3, -0.25) is 0 Å². The van der Waals surface area contributed by atoms with E-state index in [0.717, 1.165) is 6.61 Å². The highest BCUT2D eigenvalue weighted by Crippen LogP contribution is 2.08. The van der Waals surface area contributed by atoms with Crippen LogP contribution in [0.5, 0.6) is 0 Å². The van der Waals surface area contributed by atoms with E-state index in [1.807, 2.05) is 0 Å². The summed E-state index contributed by atoms with van der Waals surface area (Å²) in [6, 6.07) is 0. The Labute approximate surface area is 62.5 Å². The van der Waals surface area contributed by atoms with E-state index < -0.39 is 0 Å². The van der Waals surface area contributed by atoms with Crippen LogP contribution in [-0.2, 0) is 9.47 Å². The van der Waals surface area contributed by atoms with Gasteiger partial charge in [-0.2, -0.15) is 0 Å². The zero-order valence-electron chi connectivity index (χ0n) is 6.64. The van der Waals surface area contributed by atoms with E-state index in [1.54, 1.807) is 0 Å². The minimum atomic E-state index is 0.387. The molecule has 1 heterocycles. The molecule has 1 unspecified atom stereocenters. The van der Waals surface area contributed by atoms with Crippen molar-refractivity contribution in [1.82, 2.24) is 0 Å². The van der Waals surface area contributed by atoms with E-state index in [4.69, 9.17) is 9.47 Å². The van der Waals surface area contributed by atoms with Gasteiger partial charge in [0.2, 0.25) is 0 Å². The second-order valence-corrected chi connectivity index (χ2v) is 2.85. The summed E-state index contributed by atoms with van der Waals surface area (Å²) in [5.41, 5.74) is 0. The monoisotopic (exact) mass is 144 g/mol. The maximum atomic E-state index is 5.34. The Hall–Kier alpha value is -0.0800. The fraction of sp³-hybridized carbons (Fsp3) is 1.00. The Morgan fingerprint density at radius 3 is 3.00 bits per heavy atom. The molecule has 0 aromatic heterocycles. The summed E-state index contributed by atoms with van der Waals surface area (Å²) in [7, 11) is 0. The molecule has 1 fully saturated rings. The molecular formula is C8H16O2. The summed E-state index contributed by atoms with van der Waals surface area (Å²) in [6.45, 7) is 3.46.